The fourth-order valence-corrected chi connectivity index (χ4v) is 2.32. The number of esters is 1. The number of aliphatic hydroxyl groups is 1. The van der Waals surface area contributed by atoms with Gasteiger partial charge in [0.1, 0.15) is 23.2 Å². The Balaban J connectivity index is 2.59. The SMILES string of the molecule is COC(=O)C1=C(O)c2cc(Br)ccc2OC1CCl. The Kier molecular flexibility index (Phi) is 3.82. The lowest BCUT2D eigenvalue weighted by Crippen LogP contribution is -2.31. The van der Waals surface area contributed by atoms with Crippen molar-refractivity contribution in [1.82, 2.24) is 0 Å². The van der Waals surface area contributed by atoms with Crippen molar-refractivity contribution in [1.29, 1.82) is 0 Å². The van der Waals surface area contributed by atoms with Gasteiger partial charge in [-0.25, -0.2) is 4.79 Å². The van der Waals surface area contributed by atoms with Crippen molar-refractivity contribution in [2.75, 3.05) is 13.0 Å². The average molecular weight is 334 g/mol. The monoisotopic (exact) mass is 332 g/mol. The summed E-state index contributed by atoms with van der Waals surface area (Å²) in [6, 6.07) is 5.14. The second-order valence-electron chi connectivity index (χ2n) is 3.66. The Morgan fingerprint density at radius 3 is 2.94 bits per heavy atom. The van der Waals surface area contributed by atoms with Gasteiger partial charge in [0, 0.05) is 4.47 Å². The number of aliphatic hydroxyl groups excluding tert-OH is 1. The largest absolute Gasteiger partial charge is 0.506 e. The predicted octanol–water partition coefficient (Wildman–Crippen LogP) is 2.89. The topological polar surface area (TPSA) is 55.8 Å². The summed E-state index contributed by atoms with van der Waals surface area (Å²) in [5.41, 5.74) is 0.476. The number of benzene rings is 1. The molecule has 1 N–H and O–H groups in total. The van der Waals surface area contributed by atoms with Crippen LogP contribution in [-0.2, 0) is 9.53 Å². The standard InChI is InChI=1S/C12H10BrClO4/c1-17-12(16)10-9(5-14)18-8-3-2-6(13)4-7(8)11(10)15/h2-4,9,15H,5H2,1H3. The van der Waals surface area contributed by atoms with Crippen LogP contribution in [0.5, 0.6) is 5.75 Å². The normalized spacial score (nSPS) is 18.1. The molecule has 1 aliphatic heterocycles. The molecule has 0 aliphatic carbocycles. The third kappa shape index (κ3) is 2.20. The lowest BCUT2D eigenvalue weighted by atomic mass is 10.0. The van der Waals surface area contributed by atoms with Crippen LogP contribution >= 0.6 is 27.5 Å². The zero-order valence-corrected chi connectivity index (χ0v) is 11.8. The molecular formula is C12H10BrClO4. The van der Waals surface area contributed by atoms with Gasteiger partial charge in [0.2, 0.25) is 0 Å². The summed E-state index contributed by atoms with van der Waals surface area (Å²) >= 11 is 9.04. The third-order valence-corrected chi connectivity index (χ3v) is 3.36. The van der Waals surface area contributed by atoms with E-state index in [-0.39, 0.29) is 17.2 Å². The van der Waals surface area contributed by atoms with Crippen molar-refractivity contribution in [2.24, 2.45) is 0 Å². The number of carbonyl (C=O) groups excluding carboxylic acids is 1. The van der Waals surface area contributed by atoms with Crippen LogP contribution in [0.2, 0.25) is 0 Å². The third-order valence-electron chi connectivity index (χ3n) is 2.59. The van der Waals surface area contributed by atoms with E-state index in [1.165, 1.54) is 7.11 Å². The van der Waals surface area contributed by atoms with E-state index in [9.17, 15) is 9.90 Å². The zero-order chi connectivity index (χ0) is 13.3. The highest BCUT2D eigenvalue weighted by Crippen LogP contribution is 2.36. The van der Waals surface area contributed by atoms with E-state index in [1.54, 1.807) is 18.2 Å². The Labute approximate surface area is 117 Å². The molecule has 6 heteroatoms. The van der Waals surface area contributed by atoms with E-state index in [4.69, 9.17) is 16.3 Å². The molecule has 0 aromatic heterocycles. The number of halogens is 2. The van der Waals surface area contributed by atoms with Gasteiger partial charge in [-0.05, 0) is 18.2 Å². The highest BCUT2D eigenvalue weighted by molar-refractivity contribution is 9.10. The smallest absolute Gasteiger partial charge is 0.341 e. The molecule has 1 aromatic carbocycles. The molecule has 1 aliphatic rings. The molecule has 0 saturated heterocycles. The number of methoxy groups -OCH3 is 1. The van der Waals surface area contributed by atoms with Gasteiger partial charge in [0.25, 0.3) is 0 Å². The van der Waals surface area contributed by atoms with Gasteiger partial charge in [0.15, 0.2) is 0 Å². The van der Waals surface area contributed by atoms with Gasteiger partial charge < -0.3 is 14.6 Å². The fraction of sp³-hybridized carbons (Fsp3) is 0.250. The van der Waals surface area contributed by atoms with E-state index in [0.717, 1.165) is 4.47 Å². The summed E-state index contributed by atoms with van der Waals surface area (Å²) in [5, 5.41) is 10.2. The zero-order valence-electron chi connectivity index (χ0n) is 9.44. The Hall–Kier alpha value is -1.20. The molecule has 0 fully saturated rings. The predicted molar refractivity (Wildman–Crippen MR) is 70.8 cm³/mol. The molecule has 0 amide bonds. The summed E-state index contributed by atoms with van der Waals surface area (Å²) in [5.74, 6) is -0.280. The van der Waals surface area contributed by atoms with Gasteiger partial charge in [-0.2, -0.15) is 0 Å². The molecule has 0 saturated carbocycles. The van der Waals surface area contributed by atoms with E-state index in [2.05, 4.69) is 20.7 Å². The van der Waals surface area contributed by atoms with Gasteiger partial charge in [0.05, 0.1) is 18.6 Å². The number of rotatable bonds is 2. The lowest BCUT2D eigenvalue weighted by molar-refractivity contribution is -0.137. The molecule has 0 radical (unpaired) electrons. The highest BCUT2D eigenvalue weighted by atomic mass is 79.9. The molecule has 0 spiro atoms. The second-order valence-corrected chi connectivity index (χ2v) is 4.88. The van der Waals surface area contributed by atoms with Crippen LogP contribution in [0.1, 0.15) is 5.56 Å². The Bertz CT molecular complexity index is 527. The lowest BCUT2D eigenvalue weighted by Gasteiger charge is -2.26. The fourth-order valence-electron chi connectivity index (χ4n) is 1.75. The van der Waals surface area contributed by atoms with Crippen molar-refractivity contribution >= 4 is 39.3 Å². The van der Waals surface area contributed by atoms with Gasteiger partial charge in [-0.15, -0.1) is 11.6 Å². The summed E-state index contributed by atoms with van der Waals surface area (Å²) in [7, 11) is 1.24. The summed E-state index contributed by atoms with van der Waals surface area (Å²) in [4.78, 5) is 11.7. The summed E-state index contributed by atoms with van der Waals surface area (Å²) in [6.45, 7) is 0. The van der Waals surface area contributed by atoms with Gasteiger partial charge >= 0.3 is 5.97 Å². The van der Waals surface area contributed by atoms with E-state index >= 15 is 0 Å². The first-order valence-corrected chi connectivity index (χ1v) is 6.45. The number of carbonyl (C=O) groups is 1. The maximum atomic E-state index is 11.7. The van der Waals surface area contributed by atoms with Gasteiger partial charge in [-0.1, -0.05) is 15.9 Å². The van der Waals surface area contributed by atoms with Crippen LogP contribution in [-0.4, -0.2) is 30.2 Å². The first-order chi connectivity index (χ1) is 8.58. The maximum Gasteiger partial charge on any atom is 0.341 e. The molecule has 1 unspecified atom stereocenters. The molecule has 96 valence electrons. The Morgan fingerprint density at radius 1 is 1.61 bits per heavy atom. The molecule has 0 bridgehead atoms. The summed E-state index contributed by atoms with van der Waals surface area (Å²) in [6.07, 6.45) is -0.715. The maximum absolute atomic E-state index is 11.7. The van der Waals surface area contributed by atoms with Crippen LogP contribution < -0.4 is 4.74 Å². The molecular weight excluding hydrogens is 323 g/mol. The van der Waals surface area contributed by atoms with Gasteiger partial charge in [-0.3, -0.25) is 0 Å². The van der Waals surface area contributed by atoms with Crippen molar-refractivity contribution in [3.63, 3.8) is 0 Å². The molecule has 4 nitrogen and oxygen atoms in total. The van der Waals surface area contributed by atoms with E-state index < -0.39 is 12.1 Å². The van der Waals surface area contributed by atoms with Crippen molar-refractivity contribution in [2.45, 2.75) is 6.10 Å². The molecule has 1 heterocycles. The van der Waals surface area contributed by atoms with E-state index in [1.807, 2.05) is 0 Å². The minimum Gasteiger partial charge on any atom is -0.506 e. The second kappa shape index (κ2) is 5.20. The number of alkyl halides is 1. The van der Waals surface area contributed by atoms with Crippen LogP contribution in [0.3, 0.4) is 0 Å². The highest BCUT2D eigenvalue weighted by Gasteiger charge is 2.33. The van der Waals surface area contributed by atoms with Crippen LogP contribution in [0, 0.1) is 0 Å². The van der Waals surface area contributed by atoms with Crippen molar-refractivity contribution < 1.29 is 19.4 Å². The molecule has 1 atom stereocenters. The quantitative estimate of drug-likeness (QED) is 0.668. The minimum absolute atomic E-state index is 0.0399. The van der Waals surface area contributed by atoms with Crippen LogP contribution in [0.15, 0.2) is 28.2 Å². The summed E-state index contributed by atoms with van der Waals surface area (Å²) < 4.78 is 11.0. The molecule has 18 heavy (non-hydrogen) atoms. The number of fused-ring (bicyclic) bond motifs is 1. The van der Waals surface area contributed by atoms with Crippen LogP contribution in [0.25, 0.3) is 5.76 Å². The first-order valence-electron chi connectivity index (χ1n) is 5.12. The van der Waals surface area contributed by atoms with Crippen LogP contribution in [0.4, 0.5) is 0 Å². The minimum atomic E-state index is -0.715. The molecule has 1 aromatic rings. The average Bonchev–Trinajstić information content (AvgIpc) is 2.38. The Morgan fingerprint density at radius 2 is 2.33 bits per heavy atom. The number of hydrogen-bond acceptors (Lipinski definition) is 4. The van der Waals surface area contributed by atoms with Crippen molar-refractivity contribution in [3.8, 4) is 5.75 Å². The number of ether oxygens (including phenoxy) is 2. The number of hydrogen-bond donors (Lipinski definition) is 1. The van der Waals surface area contributed by atoms with Crippen molar-refractivity contribution in [3.05, 3.63) is 33.8 Å². The first kappa shape index (κ1) is 13.2. The van der Waals surface area contributed by atoms with E-state index in [0.29, 0.717) is 11.3 Å². The molecule has 2 rings (SSSR count).